The maximum Gasteiger partial charge on any atom is 0.335 e. The largest absolute Gasteiger partial charge is 0.481 e. The topological polar surface area (TPSA) is 237 Å². The fourth-order valence-corrected chi connectivity index (χ4v) is 4.69. The molecule has 0 aromatic heterocycles. The maximum atomic E-state index is 13.7. The van der Waals surface area contributed by atoms with Gasteiger partial charge in [0.15, 0.2) is 6.10 Å². The zero-order valence-corrected chi connectivity index (χ0v) is 26.9. The average molecular weight is 656 g/mol. The van der Waals surface area contributed by atoms with Gasteiger partial charge in [-0.1, -0.05) is 64.1 Å². The van der Waals surface area contributed by atoms with Crippen LogP contribution in [0, 0.1) is 11.8 Å². The van der Waals surface area contributed by atoms with Crippen LogP contribution in [0.2, 0.25) is 0 Å². The molecule has 5 atom stereocenters. The lowest BCUT2D eigenvalue weighted by Gasteiger charge is -2.29. The van der Waals surface area contributed by atoms with Crippen LogP contribution < -0.4 is 27.0 Å². The third-order valence-corrected chi connectivity index (χ3v) is 7.25. The molecule has 2 aromatic carbocycles. The molecule has 0 aliphatic carbocycles. The summed E-state index contributed by atoms with van der Waals surface area (Å²) < 4.78 is 0. The standard InChI is InChI=1S/C33H45N5O9/c1-18(2)15-25(37-31(44)27(19(3)4)38-29(42)23(34)13-14-26(39)40)30(43)36-24(16-20-9-6-5-7-10-20)28(41)32(45)35-22-12-8-11-21(17-22)33(46)47/h5-12,17-19,23-25,27-28,41H,13-16,34H2,1-4H3,(H,35,45)(H,36,43)(H,37,44)(H,38,42)(H,39,40)(H,46,47)/t23-,24-,25-,27-,28+/m0/s1. The molecule has 0 bridgehead atoms. The molecule has 9 N–H and O–H groups in total. The summed E-state index contributed by atoms with van der Waals surface area (Å²) in [4.78, 5) is 75.1. The van der Waals surface area contributed by atoms with Crippen LogP contribution in [0.3, 0.4) is 0 Å². The SMILES string of the molecule is CC(C)C[C@H](NC(=O)[C@@H](NC(=O)[C@@H](N)CCC(=O)O)C(C)C)C(=O)N[C@@H](Cc1ccccc1)[C@@H](O)C(=O)Nc1cccc(C(=O)O)c1. The molecule has 0 unspecified atom stereocenters. The second-order valence-electron chi connectivity index (χ2n) is 12.1. The molecule has 0 saturated heterocycles. The van der Waals surface area contributed by atoms with E-state index in [0.717, 1.165) is 0 Å². The highest BCUT2D eigenvalue weighted by Gasteiger charge is 2.34. The molecule has 0 spiro atoms. The summed E-state index contributed by atoms with van der Waals surface area (Å²) in [5, 5.41) is 39.7. The quantitative estimate of drug-likeness (QED) is 0.114. The molecule has 14 heteroatoms. The molecule has 0 saturated carbocycles. The van der Waals surface area contributed by atoms with Crippen molar-refractivity contribution in [3.8, 4) is 0 Å². The summed E-state index contributed by atoms with van der Waals surface area (Å²) in [5.74, 6) is -5.77. The normalized spacial score (nSPS) is 14.3. The predicted molar refractivity (Wildman–Crippen MR) is 173 cm³/mol. The van der Waals surface area contributed by atoms with Crippen LogP contribution in [-0.2, 0) is 30.4 Å². The molecule has 0 aliphatic heterocycles. The van der Waals surface area contributed by atoms with Crippen LogP contribution in [0.1, 0.15) is 62.9 Å². The van der Waals surface area contributed by atoms with Gasteiger partial charge in [0.05, 0.1) is 17.6 Å². The van der Waals surface area contributed by atoms with Gasteiger partial charge in [0.2, 0.25) is 17.7 Å². The first-order chi connectivity index (χ1) is 22.1. The maximum absolute atomic E-state index is 13.7. The van der Waals surface area contributed by atoms with E-state index in [-0.39, 0.29) is 42.9 Å². The number of carbonyl (C=O) groups excluding carboxylic acids is 4. The number of anilines is 1. The molecule has 0 fully saturated rings. The summed E-state index contributed by atoms with van der Waals surface area (Å²) in [6.45, 7) is 7.04. The predicted octanol–water partition coefficient (Wildman–Crippen LogP) is 1.28. The molecular formula is C33H45N5O9. The van der Waals surface area contributed by atoms with Crippen molar-refractivity contribution in [3.63, 3.8) is 0 Å². The van der Waals surface area contributed by atoms with Crippen LogP contribution in [0.15, 0.2) is 54.6 Å². The van der Waals surface area contributed by atoms with Crippen LogP contribution >= 0.6 is 0 Å². The number of nitrogens with one attached hydrogen (secondary N) is 4. The Morgan fingerprint density at radius 1 is 0.787 bits per heavy atom. The Kier molecular flexibility index (Phi) is 15.0. The lowest BCUT2D eigenvalue weighted by molar-refractivity contribution is -0.137. The summed E-state index contributed by atoms with van der Waals surface area (Å²) in [6.07, 6.45) is -2.02. The number of carbonyl (C=O) groups is 6. The summed E-state index contributed by atoms with van der Waals surface area (Å²) in [6, 6.07) is 9.74. The number of benzene rings is 2. The van der Waals surface area contributed by atoms with Gasteiger partial charge in [-0.05, 0) is 54.9 Å². The molecule has 47 heavy (non-hydrogen) atoms. The second-order valence-corrected chi connectivity index (χ2v) is 12.1. The van der Waals surface area contributed by atoms with Crippen molar-refractivity contribution in [2.24, 2.45) is 17.6 Å². The van der Waals surface area contributed by atoms with Gasteiger partial charge in [0.1, 0.15) is 12.1 Å². The van der Waals surface area contributed by atoms with Gasteiger partial charge < -0.3 is 42.3 Å². The Morgan fingerprint density at radius 2 is 1.45 bits per heavy atom. The fourth-order valence-electron chi connectivity index (χ4n) is 4.69. The van der Waals surface area contributed by atoms with Crippen molar-refractivity contribution in [1.82, 2.24) is 16.0 Å². The van der Waals surface area contributed by atoms with E-state index in [0.29, 0.717) is 5.56 Å². The summed E-state index contributed by atoms with van der Waals surface area (Å²) in [7, 11) is 0. The van der Waals surface area contributed by atoms with E-state index >= 15 is 0 Å². The monoisotopic (exact) mass is 655 g/mol. The number of aliphatic carboxylic acids is 1. The molecule has 4 amide bonds. The first-order valence-electron chi connectivity index (χ1n) is 15.3. The average Bonchev–Trinajstić information content (AvgIpc) is 3.01. The molecular weight excluding hydrogens is 610 g/mol. The zero-order valence-electron chi connectivity index (χ0n) is 26.9. The number of nitrogens with two attached hydrogens (primary N) is 1. The minimum atomic E-state index is -1.78. The number of aliphatic hydroxyl groups is 1. The Morgan fingerprint density at radius 3 is 2.02 bits per heavy atom. The van der Waals surface area contributed by atoms with E-state index in [1.807, 2.05) is 13.8 Å². The van der Waals surface area contributed by atoms with Crippen molar-refractivity contribution >= 4 is 41.3 Å². The number of aliphatic hydroxyl groups excluding tert-OH is 1. The Balaban J connectivity index is 2.27. The van der Waals surface area contributed by atoms with Crippen molar-refractivity contribution < 1.29 is 44.1 Å². The Bertz CT molecular complexity index is 1400. The van der Waals surface area contributed by atoms with Crippen molar-refractivity contribution in [2.45, 2.75) is 83.6 Å². The van der Waals surface area contributed by atoms with E-state index in [4.69, 9.17) is 10.8 Å². The van der Waals surface area contributed by atoms with Gasteiger partial charge in [0, 0.05) is 12.1 Å². The molecule has 2 aromatic rings. The van der Waals surface area contributed by atoms with Gasteiger partial charge in [0.25, 0.3) is 5.91 Å². The number of carboxylic acid groups (broad SMARTS) is 2. The highest BCUT2D eigenvalue weighted by molar-refractivity contribution is 5.97. The minimum absolute atomic E-state index is 0.0393. The van der Waals surface area contributed by atoms with Crippen molar-refractivity contribution in [1.29, 1.82) is 0 Å². The fraction of sp³-hybridized carbons (Fsp3) is 0.455. The van der Waals surface area contributed by atoms with E-state index in [9.17, 15) is 39.0 Å². The highest BCUT2D eigenvalue weighted by atomic mass is 16.4. The van der Waals surface area contributed by atoms with Gasteiger partial charge >= 0.3 is 11.9 Å². The third-order valence-electron chi connectivity index (χ3n) is 7.25. The lowest BCUT2D eigenvalue weighted by Crippen LogP contribution is -2.59. The van der Waals surface area contributed by atoms with Gasteiger partial charge in [-0.2, -0.15) is 0 Å². The zero-order chi connectivity index (χ0) is 35.3. The van der Waals surface area contributed by atoms with E-state index in [1.165, 1.54) is 24.3 Å². The smallest absolute Gasteiger partial charge is 0.335 e. The first-order valence-corrected chi connectivity index (χ1v) is 15.3. The number of rotatable bonds is 18. The van der Waals surface area contributed by atoms with E-state index < -0.39 is 71.8 Å². The molecule has 14 nitrogen and oxygen atoms in total. The van der Waals surface area contributed by atoms with Crippen molar-refractivity contribution in [2.75, 3.05) is 5.32 Å². The number of hydrogen-bond donors (Lipinski definition) is 8. The third kappa shape index (κ3) is 12.8. The Labute approximate surface area is 273 Å². The second kappa shape index (κ2) is 18.4. The molecule has 0 aliphatic rings. The molecule has 0 radical (unpaired) electrons. The summed E-state index contributed by atoms with van der Waals surface area (Å²) >= 11 is 0. The molecule has 2 rings (SSSR count). The number of carboxylic acids is 2. The van der Waals surface area contributed by atoms with Crippen LogP contribution in [0.4, 0.5) is 5.69 Å². The summed E-state index contributed by atoms with van der Waals surface area (Å²) in [5.41, 5.74) is 6.57. The highest BCUT2D eigenvalue weighted by Crippen LogP contribution is 2.15. The van der Waals surface area contributed by atoms with Crippen LogP contribution in [0.5, 0.6) is 0 Å². The molecule has 0 heterocycles. The first kappa shape index (κ1) is 38.4. The number of amides is 4. The van der Waals surface area contributed by atoms with Gasteiger partial charge in [-0.3, -0.25) is 24.0 Å². The van der Waals surface area contributed by atoms with Gasteiger partial charge in [-0.25, -0.2) is 4.79 Å². The van der Waals surface area contributed by atoms with E-state index in [1.54, 1.807) is 44.2 Å². The molecule has 256 valence electrons. The minimum Gasteiger partial charge on any atom is -0.481 e. The number of hydrogen-bond acceptors (Lipinski definition) is 8. The van der Waals surface area contributed by atoms with Crippen LogP contribution in [0.25, 0.3) is 0 Å². The lowest BCUT2D eigenvalue weighted by atomic mass is 9.97. The Hall–Kier alpha value is -4.82. The van der Waals surface area contributed by atoms with Crippen LogP contribution in [-0.4, -0.2) is 81.2 Å². The van der Waals surface area contributed by atoms with Crippen molar-refractivity contribution in [3.05, 3.63) is 65.7 Å². The van der Waals surface area contributed by atoms with E-state index in [2.05, 4.69) is 21.3 Å². The van der Waals surface area contributed by atoms with Gasteiger partial charge in [-0.15, -0.1) is 0 Å². The number of aromatic carboxylic acids is 1.